The number of amides is 1. The van der Waals surface area contributed by atoms with Gasteiger partial charge in [-0.1, -0.05) is 6.07 Å². The van der Waals surface area contributed by atoms with Gasteiger partial charge in [0.2, 0.25) is 5.95 Å². The van der Waals surface area contributed by atoms with Gasteiger partial charge in [-0.15, -0.1) is 5.10 Å². The summed E-state index contributed by atoms with van der Waals surface area (Å²) in [5, 5.41) is 9.05. The summed E-state index contributed by atoms with van der Waals surface area (Å²) in [5.74, 6) is 1.26. The van der Waals surface area contributed by atoms with Gasteiger partial charge in [0.05, 0.1) is 7.11 Å². The highest BCUT2D eigenvalue weighted by atomic mass is 16.5. The summed E-state index contributed by atoms with van der Waals surface area (Å²) in [5.41, 5.74) is 0.492. The number of nitrogens with one attached hydrogen (secondary N) is 2. The van der Waals surface area contributed by atoms with E-state index < -0.39 is 0 Å². The smallest absolute Gasteiger partial charge is 0.258 e. The van der Waals surface area contributed by atoms with Crippen molar-refractivity contribution in [2.45, 2.75) is 6.92 Å². The van der Waals surface area contributed by atoms with Crippen molar-refractivity contribution in [1.82, 2.24) is 15.2 Å². The first kappa shape index (κ1) is 11.1. The maximum atomic E-state index is 11.8. The molecule has 88 valence electrons. The molecular weight excluding hydrogens is 220 g/mol. The zero-order valence-electron chi connectivity index (χ0n) is 9.52. The molecule has 0 saturated heterocycles. The number of carbonyl (C=O) groups excluding carboxylic acids is 1. The lowest BCUT2D eigenvalue weighted by Gasteiger charge is -2.03. The normalized spacial score (nSPS) is 10.0. The summed E-state index contributed by atoms with van der Waals surface area (Å²) < 4.78 is 5.04. The molecule has 0 unspecified atom stereocenters. The fourth-order valence-corrected chi connectivity index (χ4v) is 1.34. The number of hydrogen-bond donors (Lipinski definition) is 2. The van der Waals surface area contributed by atoms with Gasteiger partial charge in [0.1, 0.15) is 11.6 Å². The highest BCUT2D eigenvalue weighted by Gasteiger charge is 2.09. The Morgan fingerprint density at radius 2 is 2.29 bits per heavy atom. The molecule has 2 N–H and O–H groups in total. The standard InChI is InChI=1S/C11H12N4O2/c1-7-12-11(15-14-7)13-10(16)8-4-3-5-9(6-8)17-2/h3-6H,1-2H3,(H2,12,13,14,15,16). The van der Waals surface area contributed by atoms with Gasteiger partial charge in [-0.3, -0.25) is 15.2 Å². The molecular formula is C11H12N4O2. The van der Waals surface area contributed by atoms with Crippen molar-refractivity contribution in [3.63, 3.8) is 0 Å². The summed E-state index contributed by atoms with van der Waals surface area (Å²) >= 11 is 0. The molecule has 0 aliphatic carbocycles. The van der Waals surface area contributed by atoms with Crippen molar-refractivity contribution in [3.05, 3.63) is 35.7 Å². The Bertz CT molecular complexity index is 536. The van der Waals surface area contributed by atoms with Gasteiger partial charge in [-0.05, 0) is 25.1 Å². The first-order valence-corrected chi connectivity index (χ1v) is 5.03. The van der Waals surface area contributed by atoms with Crippen LogP contribution >= 0.6 is 0 Å². The Kier molecular flexibility index (Phi) is 3.04. The zero-order valence-corrected chi connectivity index (χ0v) is 9.52. The van der Waals surface area contributed by atoms with Crippen LogP contribution in [0.15, 0.2) is 24.3 Å². The topological polar surface area (TPSA) is 79.9 Å². The largest absolute Gasteiger partial charge is 0.497 e. The molecule has 6 heteroatoms. The first-order chi connectivity index (χ1) is 8.19. The summed E-state index contributed by atoms with van der Waals surface area (Å²) in [6, 6.07) is 6.86. The third-order valence-corrected chi connectivity index (χ3v) is 2.15. The number of hydrogen-bond acceptors (Lipinski definition) is 4. The van der Waals surface area contributed by atoms with Crippen molar-refractivity contribution < 1.29 is 9.53 Å². The number of aromatic amines is 1. The molecule has 17 heavy (non-hydrogen) atoms. The summed E-state index contributed by atoms with van der Waals surface area (Å²) in [6.07, 6.45) is 0. The van der Waals surface area contributed by atoms with E-state index in [1.807, 2.05) is 0 Å². The number of methoxy groups -OCH3 is 1. The Hall–Kier alpha value is -2.37. The van der Waals surface area contributed by atoms with Crippen molar-refractivity contribution in [2.24, 2.45) is 0 Å². The minimum absolute atomic E-state index is 0.260. The van der Waals surface area contributed by atoms with Gasteiger partial charge in [-0.2, -0.15) is 4.98 Å². The van der Waals surface area contributed by atoms with E-state index in [9.17, 15) is 4.79 Å². The molecule has 0 fully saturated rings. The Labute approximate surface area is 98.0 Å². The molecule has 2 rings (SSSR count). The van der Waals surface area contributed by atoms with E-state index >= 15 is 0 Å². The van der Waals surface area contributed by atoms with Gasteiger partial charge < -0.3 is 4.74 Å². The molecule has 0 radical (unpaired) electrons. The average Bonchev–Trinajstić information content (AvgIpc) is 2.75. The fraction of sp³-hybridized carbons (Fsp3) is 0.182. The highest BCUT2D eigenvalue weighted by molar-refractivity contribution is 6.03. The van der Waals surface area contributed by atoms with E-state index in [0.717, 1.165) is 0 Å². The molecule has 6 nitrogen and oxygen atoms in total. The van der Waals surface area contributed by atoms with Crippen LogP contribution in [-0.4, -0.2) is 28.2 Å². The number of carbonyl (C=O) groups is 1. The van der Waals surface area contributed by atoms with E-state index in [1.54, 1.807) is 38.3 Å². The minimum atomic E-state index is -0.275. The van der Waals surface area contributed by atoms with Crippen LogP contribution in [0.2, 0.25) is 0 Å². The minimum Gasteiger partial charge on any atom is -0.497 e. The Morgan fingerprint density at radius 3 is 2.94 bits per heavy atom. The number of anilines is 1. The van der Waals surface area contributed by atoms with Crippen molar-refractivity contribution in [3.8, 4) is 5.75 Å². The number of benzene rings is 1. The summed E-state index contributed by atoms with van der Waals surface area (Å²) in [7, 11) is 1.55. The molecule has 1 aromatic carbocycles. The van der Waals surface area contributed by atoms with Crippen molar-refractivity contribution in [1.29, 1.82) is 0 Å². The van der Waals surface area contributed by atoms with Crippen LogP contribution in [0.4, 0.5) is 5.95 Å². The van der Waals surface area contributed by atoms with E-state index in [2.05, 4.69) is 20.5 Å². The van der Waals surface area contributed by atoms with Crippen LogP contribution in [0, 0.1) is 6.92 Å². The van der Waals surface area contributed by atoms with Crippen molar-refractivity contribution in [2.75, 3.05) is 12.4 Å². The number of aryl methyl sites for hydroxylation is 1. The van der Waals surface area contributed by atoms with Gasteiger partial charge >= 0.3 is 0 Å². The van der Waals surface area contributed by atoms with E-state index in [0.29, 0.717) is 17.1 Å². The van der Waals surface area contributed by atoms with Gasteiger partial charge in [0.25, 0.3) is 5.91 Å². The van der Waals surface area contributed by atoms with Crippen LogP contribution in [0.5, 0.6) is 5.75 Å². The van der Waals surface area contributed by atoms with Crippen molar-refractivity contribution >= 4 is 11.9 Å². The fourth-order valence-electron chi connectivity index (χ4n) is 1.34. The van der Waals surface area contributed by atoms with Gasteiger partial charge in [0, 0.05) is 5.56 Å². The highest BCUT2D eigenvalue weighted by Crippen LogP contribution is 2.13. The predicted octanol–water partition coefficient (Wildman–Crippen LogP) is 1.37. The second-order valence-corrected chi connectivity index (χ2v) is 3.43. The molecule has 0 atom stereocenters. The number of aromatic nitrogens is 3. The molecule has 0 aliphatic rings. The molecule has 1 aromatic heterocycles. The maximum Gasteiger partial charge on any atom is 0.258 e. The Morgan fingerprint density at radius 1 is 1.47 bits per heavy atom. The van der Waals surface area contributed by atoms with Crippen LogP contribution in [0.3, 0.4) is 0 Å². The monoisotopic (exact) mass is 232 g/mol. The van der Waals surface area contributed by atoms with E-state index in [4.69, 9.17) is 4.74 Å². The lowest BCUT2D eigenvalue weighted by atomic mass is 10.2. The Balaban J connectivity index is 2.14. The molecule has 0 spiro atoms. The maximum absolute atomic E-state index is 11.8. The summed E-state index contributed by atoms with van der Waals surface area (Å²) in [6.45, 7) is 1.76. The zero-order chi connectivity index (χ0) is 12.3. The molecule has 1 amide bonds. The van der Waals surface area contributed by atoms with Crippen LogP contribution < -0.4 is 10.1 Å². The molecule has 2 aromatic rings. The SMILES string of the molecule is COc1cccc(C(=O)Nc2n[nH]c(C)n2)c1. The van der Waals surface area contributed by atoms with Crippen LogP contribution in [0.25, 0.3) is 0 Å². The van der Waals surface area contributed by atoms with Gasteiger partial charge in [0.15, 0.2) is 0 Å². The van der Waals surface area contributed by atoms with E-state index in [-0.39, 0.29) is 11.9 Å². The van der Waals surface area contributed by atoms with Crippen LogP contribution in [0.1, 0.15) is 16.2 Å². The molecule has 1 heterocycles. The number of nitrogens with zero attached hydrogens (tertiary/aromatic N) is 2. The number of H-pyrrole nitrogens is 1. The summed E-state index contributed by atoms with van der Waals surface area (Å²) in [4.78, 5) is 15.8. The lowest BCUT2D eigenvalue weighted by molar-refractivity contribution is 0.102. The number of ether oxygens (including phenoxy) is 1. The lowest BCUT2D eigenvalue weighted by Crippen LogP contribution is -2.13. The number of rotatable bonds is 3. The first-order valence-electron chi connectivity index (χ1n) is 5.03. The second kappa shape index (κ2) is 4.65. The molecule has 0 saturated carbocycles. The third kappa shape index (κ3) is 2.60. The molecule has 0 aliphatic heterocycles. The second-order valence-electron chi connectivity index (χ2n) is 3.43. The quantitative estimate of drug-likeness (QED) is 0.837. The average molecular weight is 232 g/mol. The third-order valence-electron chi connectivity index (χ3n) is 2.15. The predicted molar refractivity (Wildman–Crippen MR) is 62.1 cm³/mol. The van der Waals surface area contributed by atoms with Gasteiger partial charge in [-0.25, -0.2) is 0 Å². The van der Waals surface area contributed by atoms with Crippen LogP contribution in [-0.2, 0) is 0 Å². The molecule has 0 bridgehead atoms. The van der Waals surface area contributed by atoms with E-state index in [1.165, 1.54) is 0 Å².